The molecule has 4 heteroatoms. The molecule has 1 saturated heterocycles. The molecule has 0 aliphatic carbocycles. The van der Waals surface area contributed by atoms with E-state index in [1.54, 1.807) is 6.20 Å². The van der Waals surface area contributed by atoms with Crippen molar-refractivity contribution in [1.29, 1.82) is 0 Å². The third-order valence-corrected chi connectivity index (χ3v) is 3.90. The number of anilines is 1. The van der Waals surface area contributed by atoms with Gasteiger partial charge in [-0.3, -0.25) is 4.98 Å². The first-order chi connectivity index (χ1) is 7.84. The summed E-state index contributed by atoms with van der Waals surface area (Å²) in [6, 6.07) is 3.96. The van der Waals surface area contributed by atoms with E-state index < -0.39 is 0 Å². The van der Waals surface area contributed by atoms with Gasteiger partial charge in [0, 0.05) is 31.0 Å². The van der Waals surface area contributed by atoms with Crippen LogP contribution in [0.1, 0.15) is 12.1 Å². The van der Waals surface area contributed by atoms with E-state index in [4.69, 9.17) is 5.73 Å². The van der Waals surface area contributed by atoms with Crippen LogP contribution < -0.4 is 5.73 Å². The standard InChI is InChI=1S/C12H19N3S/c13-11-2-3-12(14-10-11)4-6-15-5-1-8-16-9-7-15/h2-3,10H,1,4-9,13H2. The summed E-state index contributed by atoms with van der Waals surface area (Å²) in [5, 5.41) is 0. The van der Waals surface area contributed by atoms with Gasteiger partial charge in [0.15, 0.2) is 0 Å². The Balaban J connectivity index is 1.79. The van der Waals surface area contributed by atoms with Crippen molar-refractivity contribution in [2.45, 2.75) is 12.8 Å². The summed E-state index contributed by atoms with van der Waals surface area (Å²) in [5.41, 5.74) is 7.50. The summed E-state index contributed by atoms with van der Waals surface area (Å²) in [7, 11) is 0. The predicted molar refractivity (Wildman–Crippen MR) is 70.7 cm³/mol. The van der Waals surface area contributed by atoms with Crippen molar-refractivity contribution in [3.05, 3.63) is 24.0 Å². The van der Waals surface area contributed by atoms with Crippen LogP contribution in [0.4, 0.5) is 5.69 Å². The fourth-order valence-corrected chi connectivity index (χ4v) is 2.80. The zero-order chi connectivity index (χ0) is 11.2. The Morgan fingerprint density at radius 2 is 2.25 bits per heavy atom. The monoisotopic (exact) mass is 237 g/mol. The largest absolute Gasteiger partial charge is 0.397 e. The molecule has 1 aromatic rings. The Kier molecular flexibility index (Phi) is 4.48. The van der Waals surface area contributed by atoms with Gasteiger partial charge in [0.05, 0.1) is 11.9 Å². The second kappa shape index (κ2) is 6.11. The summed E-state index contributed by atoms with van der Waals surface area (Å²) in [6.07, 6.45) is 4.10. The molecule has 0 amide bonds. The third kappa shape index (κ3) is 3.68. The zero-order valence-corrected chi connectivity index (χ0v) is 10.4. The molecular weight excluding hydrogens is 218 g/mol. The van der Waals surface area contributed by atoms with Gasteiger partial charge in [0.1, 0.15) is 0 Å². The van der Waals surface area contributed by atoms with Crippen molar-refractivity contribution >= 4 is 17.4 Å². The fourth-order valence-electron chi connectivity index (χ4n) is 1.88. The molecule has 88 valence electrons. The highest BCUT2D eigenvalue weighted by Gasteiger charge is 2.08. The minimum Gasteiger partial charge on any atom is -0.397 e. The van der Waals surface area contributed by atoms with E-state index in [1.165, 1.54) is 31.0 Å². The number of nitrogens with zero attached hydrogens (tertiary/aromatic N) is 2. The van der Waals surface area contributed by atoms with Gasteiger partial charge >= 0.3 is 0 Å². The minimum absolute atomic E-state index is 0.745. The Morgan fingerprint density at radius 1 is 1.31 bits per heavy atom. The van der Waals surface area contributed by atoms with E-state index >= 15 is 0 Å². The van der Waals surface area contributed by atoms with Crippen LogP contribution in [0.3, 0.4) is 0 Å². The average Bonchev–Trinajstić information content (AvgIpc) is 2.57. The molecule has 2 N–H and O–H groups in total. The Morgan fingerprint density at radius 3 is 3.06 bits per heavy atom. The van der Waals surface area contributed by atoms with E-state index in [9.17, 15) is 0 Å². The molecule has 0 unspecified atom stereocenters. The van der Waals surface area contributed by atoms with Gasteiger partial charge in [0.25, 0.3) is 0 Å². The maximum Gasteiger partial charge on any atom is 0.0501 e. The number of hydrogen-bond acceptors (Lipinski definition) is 4. The number of hydrogen-bond donors (Lipinski definition) is 1. The Labute approximate surface area is 101 Å². The number of nitrogens with two attached hydrogens (primary N) is 1. The topological polar surface area (TPSA) is 42.1 Å². The van der Waals surface area contributed by atoms with E-state index in [2.05, 4.69) is 21.6 Å². The van der Waals surface area contributed by atoms with Crippen molar-refractivity contribution in [1.82, 2.24) is 9.88 Å². The molecule has 2 heterocycles. The second-order valence-electron chi connectivity index (χ2n) is 4.14. The molecule has 1 fully saturated rings. The molecule has 0 spiro atoms. The van der Waals surface area contributed by atoms with Crippen molar-refractivity contribution in [3.8, 4) is 0 Å². The van der Waals surface area contributed by atoms with E-state index in [1.807, 2.05) is 12.1 Å². The summed E-state index contributed by atoms with van der Waals surface area (Å²) >= 11 is 2.07. The van der Waals surface area contributed by atoms with Gasteiger partial charge in [-0.05, 0) is 30.9 Å². The first-order valence-corrected chi connectivity index (χ1v) is 7.00. The number of aromatic nitrogens is 1. The molecule has 0 atom stereocenters. The fraction of sp³-hybridized carbons (Fsp3) is 0.583. The lowest BCUT2D eigenvalue weighted by Crippen LogP contribution is -2.28. The van der Waals surface area contributed by atoms with Gasteiger partial charge < -0.3 is 10.6 Å². The predicted octanol–water partition coefficient (Wildman–Crippen LogP) is 1.65. The summed E-state index contributed by atoms with van der Waals surface area (Å²) < 4.78 is 0. The molecule has 1 aliphatic rings. The molecule has 0 bridgehead atoms. The zero-order valence-electron chi connectivity index (χ0n) is 9.56. The number of thioether (sulfide) groups is 1. The van der Waals surface area contributed by atoms with Crippen LogP contribution in [-0.4, -0.2) is 41.0 Å². The lowest BCUT2D eigenvalue weighted by atomic mass is 10.2. The average molecular weight is 237 g/mol. The van der Waals surface area contributed by atoms with Crippen LogP contribution in [0.15, 0.2) is 18.3 Å². The molecule has 16 heavy (non-hydrogen) atoms. The highest BCUT2D eigenvalue weighted by Crippen LogP contribution is 2.10. The maximum atomic E-state index is 5.61. The van der Waals surface area contributed by atoms with Crippen LogP contribution in [0.2, 0.25) is 0 Å². The van der Waals surface area contributed by atoms with Gasteiger partial charge in [-0.1, -0.05) is 0 Å². The summed E-state index contributed by atoms with van der Waals surface area (Å²) in [4.78, 5) is 6.87. The molecule has 2 rings (SSSR count). The van der Waals surface area contributed by atoms with Crippen molar-refractivity contribution in [2.24, 2.45) is 0 Å². The highest BCUT2D eigenvalue weighted by atomic mass is 32.2. The van der Waals surface area contributed by atoms with Gasteiger partial charge in [-0.15, -0.1) is 0 Å². The van der Waals surface area contributed by atoms with Crippen LogP contribution in [0.25, 0.3) is 0 Å². The van der Waals surface area contributed by atoms with Gasteiger partial charge in [-0.2, -0.15) is 11.8 Å². The number of nitrogen functional groups attached to an aromatic ring is 1. The van der Waals surface area contributed by atoms with Crippen LogP contribution in [0.5, 0.6) is 0 Å². The smallest absolute Gasteiger partial charge is 0.0501 e. The van der Waals surface area contributed by atoms with Crippen molar-refractivity contribution in [2.75, 3.05) is 36.9 Å². The van der Waals surface area contributed by atoms with E-state index in [0.717, 1.165) is 24.3 Å². The third-order valence-electron chi connectivity index (χ3n) is 2.85. The molecule has 3 nitrogen and oxygen atoms in total. The number of rotatable bonds is 3. The van der Waals surface area contributed by atoms with E-state index in [0.29, 0.717) is 0 Å². The van der Waals surface area contributed by atoms with Crippen LogP contribution in [-0.2, 0) is 6.42 Å². The SMILES string of the molecule is Nc1ccc(CCN2CCCSCC2)nc1. The second-order valence-corrected chi connectivity index (χ2v) is 5.37. The normalized spacial score (nSPS) is 18.2. The highest BCUT2D eigenvalue weighted by molar-refractivity contribution is 7.99. The van der Waals surface area contributed by atoms with Crippen LogP contribution >= 0.6 is 11.8 Å². The Hall–Kier alpha value is -0.740. The molecule has 0 aromatic carbocycles. The quantitative estimate of drug-likeness (QED) is 0.868. The van der Waals surface area contributed by atoms with Gasteiger partial charge in [0.2, 0.25) is 0 Å². The lowest BCUT2D eigenvalue weighted by Gasteiger charge is -2.18. The van der Waals surface area contributed by atoms with Crippen molar-refractivity contribution in [3.63, 3.8) is 0 Å². The molecule has 1 aromatic heterocycles. The number of pyridine rings is 1. The molecular formula is C12H19N3S. The minimum atomic E-state index is 0.745. The lowest BCUT2D eigenvalue weighted by molar-refractivity contribution is 0.298. The first kappa shape index (κ1) is 11.7. The van der Waals surface area contributed by atoms with Crippen LogP contribution in [0, 0.1) is 0 Å². The first-order valence-electron chi connectivity index (χ1n) is 5.85. The molecule has 1 aliphatic heterocycles. The molecule has 0 radical (unpaired) electrons. The van der Waals surface area contributed by atoms with Gasteiger partial charge in [-0.25, -0.2) is 0 Å². The summed E-state index contributed by atoms with van der Waals surface area (Å²) in [6.45, 7) is 3.58. The molecule has 0 saturated carbocycles. The summed E-state index contributed by atoms with van der Waals surface area (Å²) in [5.74, 6) is 2.59. The van der Waals surface area contributed by atoms with E-state index in [-0.39, 0.29) is 0 Å². The maximum absolute atomic E-state index is 5.61. The Bertz CT molecular complexity index is 305. The van der Waals surface area contributed by atoms with Crippen molar-refractivity contribution < 1.29 is 0 Å².